The van der Waals surface area contributed by atoms with Crippen LogP contribution in [0.3, 0.4) is 0 Å². The Bertz CT molecular complexity index is 412. The first-order chi connectivity index (χ1) is 8.66. The van der Waals surface area contributed by atoms with Gasteiger partial charge in [-0.25, -0.2) is 0 Å². The molecule has 0 bridgehead atoms. The first kappa shape index (κ1) is 13.8. The Morgan fingerprint density at radius 3 is 2.89 bits per heavy atom. The highest BCUT2D eigenvalue weighted by molar-refractivity contribution is 8.07. The SMILES string of the molecule is CC(C)Oc1cccc(C(=O)C2CSCCS2)c1. The van der Waals surface area contributed by atoms with Crippen molar-refractivity contribution < 1.29 is 9.53 Å². The van der Waals surface area contributed by atoms with Gasteiger partial charge in [0.1, 0.15) is 5.75 Å². The third-order valence-corrected chi connectivity index (χ3v) is 5.35. The molecule has 2 rings (SSSR count). The summed E-state index contributed by atoms with van der Waals surface area (Å²) in [4.78, 5) is 12.3. The minimum absolute atomic E-state index is 0.109. The second-order valence-electron chi connectivity index (χ2n) is 4.49. The number of ether oxygens (including phenoxy) is 1. The summed E-state index contributed by atoms with van der Waals surface area (Å²) in [6.07, 6.45) is 0.134. The summed E-state index contributed by atoms with van der Waals surface area (Å²) >= 11 is 3.64. The lowest BCUT2D eigenvalue weighted by Crippen LogP contribution is -2.24. The van der Waals surface area contributed by atoms with Crippen LogP contribution in [-0.2, 0) is 0 Å². The largest absolute Gasteiger partial charge is 0.491 e. The monoisotopic (exact) mass is 282 g/mol. The molecule has 1 atom stereocenters. The summed E-state index contributed by atoms with van der Waals surface area (Å²) in [5, 5.41) is 0.109. The highest BCUT2D eigenvalue weighted by Crippen LogP contribution is 2.27. The van der Waals surface area contributed by atoms with Crippen molar-refractivity contribution in [2.45, 2.75) is 25.2 Å². The molecule has 1 aliphatic heterocycles. The van der Waals surface area contributed by atoms with Gasteiger partial charge in [-0.3, -0.25) is 4.79 Å². The van der Waals surface area contributed by atoms with Crippen LogP contribution in [-0.4, -0.2) is 34.4 Å². The van der Waals surface area contributed by atoms with Gasteiger partial charge >= 0.3 is 0 Å². The summed E-state index contributed by atoms with van der Waals surface area (Å²) in [6, 6.07) is 7.54. The van der Waals surface area contributed by atoms with E-state index in [4.69, 9.17) is 4.74 Å². The summed E-state index contributed by atoms with van der Waals surface area (Å²) in [5.41, 5.74) is 0.771. The van der Waals surface area contributed by atoms with Crippen molar-refractivity contribution in [3.63, 3.8) is 0 Å². The van der Waals surface area contributed by atoms with E-state index >= 15 is 0 Å². The zero-order valence-corrected chi connectivity index (χ0v) is 12.4. The molecule has 4 heteroatoms. The topological polar surface area (TPSA) is 26.3 Å². The first-order valence-corrected chi connectivity index (χ1v) is 8.37. The maximum absolute atomic E-state index is 12.3. The Kier molecular flexibility index (Phi) is 5.01. The van der Waals surface area contributed by atoms with Crippen LogP contribution in [0.1, 0.15) is 24.2 Å². The fourth-order valence-corrected chi connectivity index (χ4v) is 4.45. The molecular formula is C14H18O2S2. The zero-order chi connectivity index (χ0) is 13.0. The van der Waals surface area contributed by atoms with Crippen LogP contribution < -0.4 is 4.74 Å². The molecule has 0 amide bonds. The van der Waals surface area contributed by atoms with Crippen LogP contribution in [0.5, 0.6) is 5.75 Å². The van der Waals surface area contributed by atoms with Crippen LogP contribution in [0.4, 0.5) is 0 Å². The Labute approximate surface area is 117 Å². The number of carbonyl (C=O) groups excluding carboxylic acids is 1. The predicted octanol–water partition coefficient (Wildman–Crippen LogP) is 3.51. The molecule has 0 spiro atoms. The van der Waals surface area contributed by atoms with Crippen LogP contribution >= 0.6 is 23.5 Å². The van der Waals surface area contributed by atoms with Crippen molar-refractivity contribution >= 4 is 29.3 Å². The second kappa shape index (κ2) is 6.53. The number of carbonyl (C=O) groups is 1. The Hall–Kier alpha value is -0.610. The summed E-state index contributed by atoms with van der Waals surface area (Å²) in [7, 11) is 0. The van der Waals surface area contributed by atoms with E-state index in [1.807, 2.05) is 49.9 Å². The molecule has 2 nitrogen and oxygen atoms in total. The van der Waals surface area contributed by atoms with Crippen LogP contribution in [0.2, 0.25) is 0 Å². The minimum atomic E-state index is 0.109. The van der Waals surface area contributed by atoms with E-state index in [1.54, 1.807) is 11.8 Å². The lowest BCUT2D eigenvalue weighted by atomic mass is 10.1. The van der Waals surface area contributed by atoms with E-state index in [1.165, 1.54) is 0 Å². The third kappa shape index (κ3) is 3.69. The summed E-state index contributed by atoms with van der Waals surface area (Å²) < 4.78 is 5.63. The molecule has 1 aromatic rings. The number of benzene rings is 1. The zero-order valence-electron chi connectivity index (χ0n) is 10.7. The van der Waals surface area contributed by atoms with Crippen molar-refractivity contribution in [2.24, 2.45) is 0 Å². The van der Waals surface area contributed by atoms with Crippen LogP contribution in [0.25, 0.3) is 0 Å². The number of thioether (sulfide) groups is 2. The normalized spacial score (nSPS) is 19.8. The van der Waals surface area contributed by atoms with Crippen molar-refractivity contribution in [1.29, 1.82) is 0 Å². The van der Waals surface area contributed by atoms with E-state index in [0.29, 0.717) is 0 Å². The van der Waals surface area contributed by atoms with Crippen LogP contribution in [0, 0.1) is 0 Å². The van der Waals surface area contributed by atoms with Gasteiger partial charge in [0.2, 0.25) is 0 Å². The quantitative estimate of drug-likeness (QED) is 0.790. The minimum Gasteiger partial charge on any atom is -0.491 e. The van der Waals surface area contributed by atoms with Gasteiger partial charge in [0.25, 0.3) is 0 Å². The van der Waals surface area contributed by atoms with Crippen molar-refractivity contribution in [2.75, 3.05) is 17.3 Å². The van der Waals surface area contributed by atoms with E-state index in [9.17, 15) is 4.79 Å². The number of hydrogen-bond acceptors (Lipinski definition) is 4. The maximum Gasteiger partial charge on any atom is 0.176 e. The van der Waals surface area contributed by atoms with Gasteiger partial charge in [0.05, 0.1) is 11.4 Å². The summed E-state index contributed by atoms with van der Waals surface area (Å²) in [5.74, 6) is 4.18. The molecule has 0 aromatic heterocycles. The fourth-order valence-electron chi connectivity index (χ4n) is 1.82. The molecule has 0 saturated carbocycles. The molecule has 1 unspecified atom stereocenters. The maximum atomic E-state index is 12.3. The van der Waals surface area contributed by atoms with Gasteiger partial charge in [-0.1, -0.05) is 12.1 Å². The van der Waals surface area contributed by atoms with Gasteiger partial charge in [0, 0.05) is 22.8 Å². The van der Waals surface area contributed by atoms with E-state index < -0.39 is 0 Å². The molecule has 18 heavy (non-hydrogen) atoms. The molecule has 1 heterocycles. The van der Waals surface area contributed by atoms with Gasteiger partial charge in [-0.05, 0) is 26.0 Å². The molecule has 1 aliphatic rings. The van der Waals surface area contributed by atoms with Crippen molar-refractivity contribution in [3.05, 3.63) is 29.8 Å². The Balaban J connectivity index is 2.09. The van der Waals surface area contributed by atoms with Crippen molar-refractivity contribution in [1.82, 2.24) is 0 Å². The highest BCUT2D eigenvalue weighted by Gasteiger charge is 2.23. The molecule has 1 fully saturated rings. The number of Topliss-reactive ketones (excluding diaryl/α,β-unsaturated/α-hetero) is 1. The molecular weight excluding hydrogens is 264 g/mol. The van der Waals surface area contributed by atoms with Crippen molar-refractivity contribution in [3.8, 4) is 5.75 Å². The Morgan fingerprint density at radius 2 is 2.22 bits per heavy atom. The van der Waals surface area contributed by atoms with Gasteiger partial charge in [0.15, 0.2) is 5.78 Å². The predicted molar refractivity (Wildman–Crippen MR) is 80.1 cm³/mol. The standard InChI is InChI=1S/C14H18O2S2/c1-10(2)16-12-5-3-4-11(8-12)14(15)13-9-17-6-7-18-13/h3-5,8,10,13H,6-7,9H2,1-2H3. The average Bonchev–Trinajstić information content (AvgIpc) is 2.38. The number of ketones is 1. The second-order valence-corrected chi connectivity index (χ2v) is 6.95. The van der Waals surface area contributed by atoms with Gasteiger partial charge in [-0.2, -0.15) is 11.8 Å². The van der Waals surface area contributed by atoms with E-state index in [2.05, 4.69) is 0 Å². The lowest BCUT2D eigenvalue weighted by Gasteiger charge is -2.20. The van der Waals surface area contributed by atoms with Gasteiger partial charge in [-0.15, -0.1) is 11.8 Å². The smallest absolute Gasteiger partial charge is 0.176 e. The summed E-state index contributed by atoms with van der Waals surface area (Å²) in [6.45, 7) is 3.98. The molecule has 0 radical (unpaired) electrons. The van der Waals surface area contributed by atoms with E-state index in [-0.39, 0.29) is 17.1 Å². The van der Waals surface area contributed by atoms with Crippen LogP contribution in [0.15, 0.2) is 24.3 Å². The molecule has 1 saturated heterocycles. The first-order valence-electron chi connectivity index (χ1n) is 6.17. The van der Waals surface area contributed by atoms with Gasteiger partial charge < -0.3 is 4.74 Å². The lowest BCUT2D eigenvalue weighted by molar-refractivity contribution is 0.0994. The molecule has 1 aromatic carbocycles. The molecule has 98 valence electrons. The van der Waals surface area contributed by atoms with E-state index in [0.717, 1.165) is 28.6 Å². The average molecular weight is 282 g/mol. The third-order valence-electron chi connectivity index (χ3n) is 2.60. The number of hydrogen-bond donors (Lipinski definition) is 0. The highest BCUT2D eigenvalue weighted by atomic mass is 32.2. The molecule has 0 N–H and O–H groups in total. The fraction of sp³-hybridized carbons (Fsp3) is 0.500. The Morgan fingerprint density at radius 1 is 1.39 bits per heavy atom. The molecule has 0 aliphatic carbocycles. The number of rotatable bonds is 4.